The van der Waals surface area contributed by atoms with Gasteiger partial charge in [-0.2, -0.15) is 12.6 Å². The molecule has 0 unspecified atom stereocenters. The van der Waals surface area contributed by atoms with E-state index in [4.69, 9.17) is 0 Å². The van der Waals surface area contributed by atoms with E-state index in [1.54, 1.807) is 0 Å². The van der Waals surface area contributed by atoms with Crippen LogP contribution < -0.4 is 0 Å². The minimum absolute atomic E-state index is 0.00630. The summed E-state index contributed by atoms with van der Waals surface area (Å²) in [5, 5.41) is 0. The lowest BCUT2D eigenvalue weighted by Gasteiger charge is -2.31. The van der Waals surface area contributed by atoms with Crippen LogP contribution in [0.2, 0.25) is 0 Å². The zero-order chi connectivity index (χ0) is 11.1. The molecule has 0 radical (unpaired) electrons. The van der Waals surface area contributed by atoms with Gasteiger partial charge in [-0.25, -0.2) is 0 Å². The summed E-state index contributed by atoms with van der Waals surface area (Å²) in [6.45, 7) is 2.56. The Balaban J connectivity index is 2.02. The Bertz CT molecular complexity index is 281. The molecule has 1 saturated carbocycles. The van der Waals surface area contributed by atoms with Crippen molar-refractivity contribution in [1.29, 1.82) is 0 Å². The SMILES string of the molecule is CC1CC(=O)N(CC2(CS)CC2)C(=O)C1. The molecular formula is C11H17NO2S. The molecule has 15 heavy (non-hydrogen) atoms. The molecule has 1 saturated heterocycles. The smallest absolute Gasteiger partial charge is 0.229 e. The van der Waals surface area contributed by atoms with Crippen molar-refractivity contribution in [1.82, 2.24) is 4.90 Å². The van der Waals surface area contributed by atoms with Gasteiger partial charge in [-0.05, 0) is 29.9 Å². The monoisotopic (exact) mass is 227 g/mol. The molecule has 2 rings (SSSR count). The maximum Gasteiger partial charge on any atom is 0.229 e. The summed E-state index contributed by atoms with van der Waals surface area (Å²) in [6, 6.07) is 0. The molecule has 1 aliphatic heterocycles. The Morgan fingerprint density at radius 1 is 1.33 bits per heavy atom. The molecule has 84 valence electrons. The van der Waals surface area contributed by atoms with Crippen molar-refractivity contribution in [2.45, 2.75) is 32.6 Å². The van der Waals surface area contributed by atoms with Gasteiger partial charge in [0, 0.05) is 19.4 Å². The van der Waals surface area contributed by atoms with Crippen molar-refractivity contribution in [3.8, 4) is 0 Å². The van der Waals surface area contributed by atoms with Gasteiger partial charge in [0.1, 0.15) is 0 Å². The van der Waals surface area contributed by atoms with Gasteiger partial charge in [0.2, 0.25) is 11.8 Å². The highest BCUT2D eigenvalue weighted by Gasteiger charge is 2.45. The minimum Gasteiger partial charge on any atom is -0.282 e. The lowest BCUT2D eigenvalue weighted by Crippen LogP contribution is -2.45. The predicted octanol–water partition coefficient (Wildman–Crippen LogP) is 1.48. The van der Waals surface area contributed by atoms with E-state index in [0.717, 1.165) is 18.6 Å². The third-order valence-electron chi connectivity index (χ3n) is 3.43. The zero-order valence-electron chi connectivity index (χ0n) is 9.03. The highest BCUT2D eigenvalue weighted by atomic mass is 32.1. The number of thiol groups is 1. The second-order valence-corrected chi connectivity index (χ2v) is 5.36. The third kappa shape index (κ3) is 2.19. The summed E-state index contributed by atoms with van der Waals surface area (Å²) in [6.07, 6.45) is 3.25. The largest absolute Gasteiger partial charge is 0.282 e. The molecule has 2 fully saturated rings. The van der Waals surface area contributed by atoms with Crippen LogP contribution in [0.1, 0.15) is 32.6 Å². The average molecular weight is 227 g/mol. The first-order valence-electron chi connectivity index (χ1n) is 5.50. The molecule has 0 bridgehead atoms. The Morgan fingerprint density at radius 2 is 1.87 bits per heavy atom. The molecule has 3 nitrogen and oxygen atoms in total. The number of hydrogen-bond acceptors (Lipinski definition) is 3. The first-order chi connectivity index (χ1) is 7.06. The van der Waals surface area contributed by atoms with E-state index in [2.05, 4.69) is 12.6 Å². The fourth-order valence-electron chi connectivity index (χ4n) is 2.08. The molecule has 2 amide bonds. The van der Waals surface area contributed by atoms with Crippen molar-refractivity contribution in [3.05, 3.63) is 0 Å². The Morgan fingerprint density at radius 3 is 2.27 bits per heavy atom. The Hall–Kier alpha value is -0.510. The summed E-state index contributed by atoms with van der Waals surface area (Å²) in [4.78, 5) is 24.9. The number of rotatable bonds is 3. The molecule has 4 heteroatoms. The average Bonchev–Trinajstić information content (AvgIpc) is 2.92. The predicted molar refractivity (Wildman–Crippen MR) is 60.6 cm³/mol. The molecule has 0 aromatic rings. The molecule has 0 aromatic carbocycles. The fraction of sp³-hybridized carbons (Fsp3) is 0.818. The van der Waals surface area contributed by atoms with Gasteiger partial charge in [0.15, 0.2) is 0 Å². The Labute approximate surface area is 95.6 Å². The lowest BCUT2D eigenvalue weighted by atomic mass is 9.96. The molecule has 2 aliphatic rings. The van der Waals surface area contributed by atoms with Crippen molar-refractivity contribution in [2.75, 3.05) is 12.3 Å². The maximum atomic E-state index is 11.7. The van der Waals surface area contributed by atoms with Crippen LogP contribution in [-0.4, -0.2) is 29.0 Å². The number of piperidine rings is 1. The standard InChI is InChI=1S/C11H17NO2S/c1-8-4-9(13)12(10(14)5-8)6-11(7-15)2-3-11/h8,15H,2-7H2,1H3. The number of nitrogens with zero attached hydrogens (tertiary/aromatic N) is 1. The quantitative estimate of drug-likeness (QED) is 0.586. The van der Waals surface area contributed by atoms with Gasteiger partial charge >= 0.3 is 0 Å². The van der Waals surface area contributed by atoms with Crippen molar-refractivity contribution >= 4 is 24.4 Å². The third-order valence-corrected chi connectivity index (χ3v) is 4.11. The first-order valence-corrected chi connectivity index (χ1v) is 6.14. The van der Waals surface area contributed by atoms with Crippen LogP contribution in [0.5, 0.6) is 0 Å². The normalized spacial score (nSPS) is 25.9. The Kier molecular flexibility index (Phi) is 2.79. The summed E-state index contributed by atoms with van der Waals surface area (Å²) >= 11 is 4.29. The second-order valence-electron chi connectivity index (χ2n) is 5.05. The molecule has 1 heterocycles. The van der Waals surface area contributed by atoms with Crippen molar-refractivity contribution in [2.24, 2.45) is 11.3 Å². The summed E-state index contributed by atoms with van der Waals surface area (Å²) in [7, 11) is 0. The minimum atomic E-state index is 0.00630. The molecular weight excluding hydrogens is 210 g/mol. The van der Waals surface area contributed by atoms with Crippen LogP contribution in [0.15, 0.2) is 0 Å². The summed E-state index contributed by atoms with van der Waals surface area (Å²) in [5.41, 5.74) is 0.148. The van der Waals surface area contributed by atoms with Gasteiger partial charge < -0.3 is 0 Å². The molecule has 0 spiro atoms. The van der Waals surface area contributed by atoms with Crippen LogP contribution >= 0.6 is 12.6 Å². The van der Waals surface area contributed by atoms with Gasteiger partial charge in [0.05, 0.1) is 0 Å². The topological polar surface area (TPSA) is 37.4 Å². The molecule has 0 N–H and O–H groups in total. The van der Waals surface area contributed by atoms with Crippen molar-refractivity contribution < 1.29 is 9.59 Å². The van der Waals surface area contributed by atoms with E-state index in [1.165, 1.54) is 4.90 Å². The van der Waals surface area contributed by atoms with Gasteiger partial charge in [-0.1, -0.05) is 6.92 Å². The highest BCUT2D eigenvalue weighted by Crippen LogP contribution is 2.47. The van der Waals surface area contributed by atoms with Gasteiger partial charge in [-0.3, -0.25) is 14.5 Å². The lowest BCUT2D eigenvalue weighted by molar-refractivity contribution is -0.150. The van der Waals surface area contributed by atoms with Gasteiger partial charge in [-0.15, -0.1) is 0 Å². The van der Waals surface area contributed by atoms with Crippen LogP contribution in [0.4, 0.5) is 0 Å². The van der Waals surface area contributed by atoms with E-state index < -0.39 is 0 Å². The molecule has 0 atom stereocenters. The number of imide groups is 1. The molecule has 1 aliphatic carbocycles. The number of carbonyl (C=O) groups excluding carboxylic acids is 2. The van der Waals surface area contributed by atoms with E-state index in [9.17, 15) is 9.59 Å². The van der Waals surface area contributed by atoms with Crippen LogP contribution in [0.25, 0.3) is 0 Å². The number of carbonyl (C=O) groups is 2. The summed E-state index contributed by atoms with van der Waals surface area (Å²) < 4.78 is 0. The number of likely N-dealkylation sites (tertiary alicyclic amines) is 1. The van der Waals surface area contributed by atoms with Crippen LogP contribution in [-0.2, 0) is 9.59 Å². The van der Waals surface area contributed by atoms with E-state index >= 15 is 0 Å². The van der Waals surface area contributed by atoms with Crippen LogP contribution in [0.3, 0.4) is 0 Å². The first kappa shape index (κ1) is 11.0. The second kappa shape index (κ2) is 3.81. The van der Waals surface area contributed by atoms with Crippen LogP contribution in [0, 0.1) is 11.3 Å². The highest BCUT2D eigenvalue weighted by molar-refractivity contribution is 7.80. The van der Waals surface area contributed by atoms with E-state index in [0.29, 0.717) is 19.4 Å². The number of hydrogen-bond donors (Lipinski definition) is 1. The van der Waals surface area contributed by atoms with Crippen molar-refractivity contribution in [3.63, 3.8) is 0 Å². The van der Waals surface area contributed by atoms with E-state index in [1.807, 2.05) is 6.92 Å². The zero-order valence-corrected chi connectivity index (χ0v) is 9.93. The van der Waals surface area contributed by atoms with E-state index in [-0.39, 0.29) is 23.1 Å². The fourth-order valence-corrected chi connectivity index (χ4v) is 2.50. The molecule has 0 aromatic heterocycles. The number of amides is 2. The summed E-state index contributed by atoms with van der Waals surface area (Å²) in [5.74, 6) is 1.01. The maximum absolute atomic E-state index is 11.7. The van der Waals surface area contributed by atoms with Gasteiger partial charge in [0.25, 0.3) is 0 Å².